The third kappa shape index (κ3) is 1.66. The Balaban J connectivity index is 0.000000963. The molecule has 0 saturated carbocycles. The van der Waals surface area contributed by atoms with Crippen molar-refractivity contribution in [2.45, 2.75) is 31.1 Å². The monoisotopic (exact) mass is 240 g/mol. The minimum atomic E-state index is 0. The maximum Gasteiger partial charge on any atom is 0.220 e. The fourth-order valence-corrected chi connectivity index (χ4v) is 2.94. The van der Waals surface area contributed by atoms with E-state index in [0.717, 1.165) is 19.5 Å². The van der Waals surface area contributed by atoms with Crippen molar-refractivity contribution in [3.05, 3.63) is 17.5 Å². The number of aryl methyl sites for hydroxylation is 1. The van der Waals surface area contributed by atoms with Gasteiger partial charge in [0.15, 0.2) is 0 Å². The van der Waals surface area contributed by atoms with Crippen molar-refractivity contribution < 1.29 is 0 Å². The summed E-state index contributed by atoms with van der Waals surface area (Å²) in [4.78, 5) is 8.53. The van der Waals surface area contributed by atoms with E-state index in [1.807, 2.05) is 6.20 Å². The van der Waals surface area contributed by atoms with Crippen LogP contribution in [-0.4, -0.2) is 23.1 Å². The van der Waals surface area contributed by atoms with Gasteiger partial charge in [0.1, 0.15) is 0 Å². The molecule has 16 heavy (non-hydrogen) atoms. The van der Waals surface area contributed by atoms with E-state index in [1.165, 1.54) is 30.5 Å². The van der Waals surface area contributed by atoms with Crippen molar-refractivity contribution in [1.29, 1.82) is 0 Å². The zero-order chi connectivity index (χ0) is 10.3. The summed E-state index contributed by atoms with van der Waals surface area (Å²) >= 11 is 0. The van der Waals surface area contributed by atoms with E-state index in [9.17, 15) is 0 Å². The Labute approximate surface area is 101 Å². The Kier molecular flexibility index (Phi) is 3.04. The largest absolute Gasteiger partial charge is 0.368 e. The van der Waals surface area contributed by atoms with E-state index < -0.39 is 0 Å². The van der Waals surface area contributed by atoms with E-state index >= 15 is 0 Å². The number of halogens is 1. The number of nitrogens with one attached hydrogen (secondary N) is 1. The van der Waals surface area contributed by atoms with Crippen molar-refractivity contribution >= 4 is 18.4 Å². The lowest BCUT2D eigenvalue weighted by atomic mass is 9.78. The van der Waals surface area contributed by atoms with Crippen LogP contribution in [0.1, 0.15) is 30.5 Å². The fraction of sp³-hybridized carbons (Fsp3) is 0.636. The van der Waals surface area contributed by atoms with Crippen LogP contribution in [0.25, 0.3) is 0 Å². The molecule has 0 radical (unpaired) electrons. The van der Waals surface area contributed by atoms with Crippen LogP contribution in [0.5, 0.6) is 0 Å². The van der Waals surface area contributed by atoms with Crippen molar-refractivity contribution in [2.24, 2.45) is 0 Å². The highest BCUT2D eigenvalue weighted by molar-refractivity contribution is 5.85. The molecular formula is C11H17ClN4. The number of piperidine rings is 1. The lowest BCUT2D eigenvalue weighted by Gasteiger charge is -2.33. The van der Waals surface area contributed by atoms with Gasteiger partial charge in [-0.25, -0.2) is 9.97 Å². The number of aromatic nitrogens is 2. The number of nitrogens with two attached hydrogens (primary N) is 1. The van der Waals surface area contributed by atoms with E-state index in [-0.39, 0.29) is 17.8 Å². The molecular weight excluding hydrogens is 224 g/mol. The zero-order valence-electron chi connectivity index (χ0n) is 9.20. The lowest BCUT2D eigenvalue weighted by molar-refractivity contribution is 0.305. The molecule has 2 aliphatic rings. The van der Waals surface area contributed by atoms with Gasteiger partial charge in [-0.1, -0.05) is 0 Å². The molecule has 1 saturated heterocycles. The zero-order valence-corrected chi connectivity index (χ0v) is 10.0. The highest BCUT2D eigenvalue weighted by Gasteiger charge is 2.41. The summed E-state index contributed by atoms with van der Waals surface area (Å²) in [5, 5.41) is 3.48. The molecule has 5 heteroatoms. The maximum atomic E-state index is 5.68. The average Bonchev–Trinajstić information content (AvgIpc) is 2.59. The van der Waals surface area contributed by atoms with Gasteiger partial charge in [0.2, 0.25) is 5.95 Å². The molecule has 0 bridgehead atoms. The molecule has 2 heterocycles. The predicted octanol–water partition coefficient (Wildman–Crippen LogP) is 1.05. The molecule has 0 amide bonds. The Hall–Kier alpha value is -0.870. The number of fused-ring (bicyclic) bond motifs is 2. The van der Waals surface area contributed by atoms with Crippen LogP contribution >= 0.6 is 12.4 Å². The molecule has 3 N–H and O–H groups in total. The molecule has 1 aromatic heterocycles. The molecule has 3 rings (SSSR count). The van der Waals surface area contributed by atoms with Crippen molar-refractivity contribution in [3.8, 4) is 0 Å². The number of nitrogen functional groups attached to an aromatic ring is 1. The quantitative estimate of drug-likeness (QED) is 0.712. The third-order valence-electron chi connectivity index (χ3n) is 3.73. The molecule has 1 spiro atoms. The first-order valence-corrected chi connectivity index (χ1v) is 5.63. The molecule has 0 aromatic carbocycles. The van der Waals surface area contributed by atoms with Gasteiger partial charge in [-0.15, -0.1) is 12.4 Å². The predicted molar refractivity (Wildman–Crippen MR) is 65.8 cm³/mol. The van der Waals surface area contributed by atoms with Crippen LogP contribution in [-0.2, 0) is 11.8 Å². The Morgan fingerprint density at radius 1 is 1.38 bits per heavy atom. The topological polar surface area (TPSA) is 63.8 Å². The molecule has 88 valence electrons. The molecule has 1 aliphatic heterocycles. The van der Waals surface area contributed by atoms with Crippen LogP contribution in [0.15, 0.2) is 6.20 Å². The summed E-state index contributed by atoms with van der Waals surface area (Å²) in [5.74, 6) is 0.417. The Morgan fingerprint density at radius 2 is 2.25 bits per heavy atom. The third-order valence-corrected chi connectivity index (χ3v) is 3.73. The summed E-state index contributed by atoms with van der Waals surface area (Å²) in [6.07, 6.45) is 6.69. The first kappa shape index (κ1) is 11.6. The van der Waals surface area contributed by atoms with Crippen molar-refractivity contribution in [1.82, 2.24) is 15.3 Å². The summed E-state index contributed by atoms with van der Waals surface area (Å²) in [6, 6.07) is 0. The van der Waals surface area contributed by atoms with Gasteiger partial charge in [-0.3, -0.25) is 0 Å². The summed E-state index contributed by atoms with van der Waals surface area (Å²) < 4.78 is 0. The minimum Gasteiger partial charge on any atom is -0.368 e. The smallest absolute Gasteiger partial charge is 0.220 e. The van der Waals surface area contributed by atoms with Gasteiger partial charge in [0.05, 0.1) is 5.69 Å². The first-order chi connectivity index (χ1) is 7.30. The van der Waals surface area contributed by atoms with Gasteiger partial charge in [-0.05, 0) is 37.8 Å². The second-order valence-corrected chi connectivity index (χ2v) is 4.66. The molecule has 1 atom stereocenters. The number of nitrogens with zero attached hydrogens (tertiary/aromatic N) is 2. The maximum absolute atomic E-state index is 5.68. The number of hydrogen-bond acceptors (Lipinski definition) is 4. The van der Waals surface area contributed by atoms with Gasteiger partial charge in [0, 0.05) is 18.2 Å². The highest BCUT2D eigenvalue weighted by atomic mass is 35.5. The average molecular weight is 241 g/mol. The van der Waals surface area contributed by atoms with Crippen LogP contribution in [0.3, 0.4) is 0 Å². The second-order valence-electron chi connectivity index (χ2n) is 4.66. The van der Waals surface area contributed by atoms with Crippen LogP contribution in [0.4, 0.5) is 5.95 Å². The Bertz CT molecular complexity index is 382. The lowest BCUT2D eigenvalue weighted by Crippen LogP contribution is -2.42. The summed E-state index contributed by atoms with van der Waals surface area (Å²) in [7, 11) is 0. The number of rotatable bonds is 0. The number of hydrogen-bond donors (Lipinski definition) is 2. The first-order valence-electron chi connectivity index (χ1n) is 5.63. The molecule has 1 aromatic rings. The number of anilines is 1. The van der Waals surface area contributed by atoms with Crippen molar-refractivity contribution in [3.63, 3.8) is 0 Å². The van der Waals surface area contributed by atoms with Gasteiger partial charge in [-0.2, -0.15) is 0 Å². The minimum absolute atomic E-state index is 0. The van der Waals surface area contributed by atoms with Gasteiger partial charge >= 0.3 is 0 Å². The van der Waals surface area contributed by atoms with E-state index in [2.05, 4.69) is 15.3 Å². The molecule has 1 fully saturated rings. The highest BCUT2D eigenvalue weighted by Crippen LogP contribution is 2.41. The molecule has 1 unspecified atom stereocenters. The van der Waals surface area contributed by atoms with Gasteiger partial charge in [0.25, 0.3) is 0 Å². The van der Waals surface area contributed by atoms with Crippen LogP contribution in [0, 0.1) is 0 Å². The fourth-order valence-electron chi connectivity index (χ4n) is 2.94. The van der Waals surface area contributed by atoms with E-state index in [0.29, 0.717) is 5.95 Å². The van der Waals surface area contributed by atoms with Gasteiger partial charge < -0.3 is 11.1 Å². The SMILES string of the molecule is Cl.Nc1ncc2c(n1)C1(CCCNC1)CC2. The van der Waals surface area contributed by atoms with E-state index in [4.69, 9.17) is 5.73 Å². The Morgan fingerprint density at radius 3 is 3.00 bits per heavy atom. The summed E-state index contributed by atoms with van der Waals surface area (Å²) in [5.41, 5.74) is 8.44. The van der Waals surface area contributed by atoms with Crippen LogP contribution < -0.4 is 11.1 Å². The molecule has 1 aliphatic carbocycles. The summed E-state index contributed by atoms with van der Waals surface area (Å²) in [6.45, 7) is 2.19. The van der Waals surface area contributed by atoms with Crippen molar-refractivity contribution in [2.75, 3.05) is 18.8 Å². The van der Waals surface area contributed by atoms with Crippen LogP contribution in [0.2, 0.25) is 0 Å². The second kappa shape index (κ2) is 4.18. The van der Waals surface area contributed by atoms with E-state index in [1.54, 1.807) is 0 Å². The molecule has 4 nitrogen and oxygen atoms in total. The normalized spacial score (nSPS) is 27.5. The standard InChI is InChI=1S/C11H16N4.ClH/c12-10-14-6-8-2-4-11(9(8)15-10)3-1-5-13-7-11;/h6,13H,1-5,7H2,(H2,12,14,15);1H.